The summed E-state index contributed by atoms with van der Waals surface area (Å²) in [7, 11) is 1.67. The van der Waals surface area contributed by atoms with E-state index in [1.54, 1.807) is 7.11 Å². The summed E-state index contributed by atoms with van der Waals surface area (Å²) in [4.78, 5) is 20.2. The van der Waals surface area contributed by atoms with E-state index in [9.17, 15) is 4.79 Å². The molecule has 0 saturated heterocycles. The lowest BCUT2D eigenvalue weighted by molar-refractivity contribution is 0.0709. The maximum absolute atomic E-state index is 11.6. The largest absolute Gasteiger partial charge is 0.489 e. The Morgan fingerprint density at radius 1 is 1.39 bits per heavy atom. The Hall–Kier alpha value is -2.72. The zero-order chi connectivity index (χ0) is 18.8. The van der Waals surface area contributed by atoms with E-state index in [0.29, 0.717) is 31.0 Å². The molecule has 1 saturated carbocycles. The van der Waals surface area contributed by atoms with Gasteiger partial charge in [0.25, 0.3) is 5.91 Å². The van der Waals surface area contributed by atoms with Gasteiger partial charge in [-0.3, -0.25) is 4.79 Å². The number of hydrogen-bond donors (Lipinski definition) is 4. The van der Waals surface area contributed by atoms with E-state index in [0.717, 1.165) is 30.0 Å². The first-order chi connectivity index (χ1) is 13.1. The number of primary amides is 1. The second-order valence-electron chi connectivity index (χ2n) is 6.62. The standard InChI is InChI=1S/C18H22N6O3.H2S/c1-26-12-7-20-14-6-11(4-5-15(14)27-9-12)23-18-21-8-13(16(19)25)17(24-18)22-10-2-3-10;/h4-6,8,10,12,20H,2-3,7,9H2,1H3,(H2,19,25)(H2,21,22,23,24);1H2/t12-;/m0./s1. The predicted octanol–water partition coefficient (Wildman–Crippen LogP) is 1.83. The summed E-state index contributed by atoms with van der Waals surface area (Å²) in [5.41, 5.74) is 7.36. The number of ether oxygens (including phenoxy) is 2. The van der Waals surface area contributed by atoms with Crippen LogP contribution in [0.3, 0.4) is 0 Å². The Bertz CT molecular complexity index is 861. The van der Waals surface area contributed by atoms with Gasteiger partial charge in [-0.15, -0.1) is 0 Å². The molecule has 0 bridgehead atoms. The van der Waals surface area contributed by atoms with Gasteiger partial charge in [0.05, 0.1) is 11.3 Å². The van der Waals surface area contributed by atoms with Gasteiger partial charge in [-0.05, 0) is 31.0 Å². The average Bonchev–Trinajstić information content (AvgIpc) is 3.48. The Morgan fingerprint density at radius 3 is 2.93 bits per heavy atom. The van der Waals surface area contributed by atoms with Crippen LogP contribution < -0.4 is 26.4 Å². The van der Waals surface area contributed by atoms with Crippen molar-refractivity contribution in [3.8, 4) is 5.75 Å². The highest BCUT2D eigenvalue weighted by Crippen LogP contribution is 2.31. The summed E-state index contributed by atoms with van der Waals surface area (Å²) < 4.78 is 11.1. The molecule has 1 aliphatic heterocycles. The number of nitrogens with zero attached hydrogens (tertiary/aromatic N) is 2. The highest BCUT2D eigenvalue weighted by Gasteiger charge is 2.24. The van der Waals surface area contributed by atoms with Crippen LogP contribution in [0.2, 0.25) is 0 Å². The first kappa shape index (κ1) is 20.0. The van der Waals surface area contributed by atoms with E-state index in [1.165, 1.54) is 6.20 Å². The van der Waals surface area contributed by atoms with Gasteiger partial charge in [0.1, 0.15) is 24.3 Å². The van der Waals surface area contributed by atoms with Gasteiger partial charge >= 0.3 is 0 Å². The quantitative estimate of drug-likeness (QED) is 0.575. The summed E-state index contributed by atoms with van der Waals surface area (Å²) in [6.45, 7) is 1.16. The first-order valence-corrected chi connectivity index (χ1v) is 8.86. The lowest BCUT2D eigenvalue weighted by Gasteiger charge is -2.13. The number of amides is 1. The Morgan fingerprint density at radius 2 is 2.21 bits per heavy atom. The lowest BCUT2D eigenvalue weighted by Crippen LogP contribution is -2.25. The fourth-order valence-electron chi connectivity index (χ4n) is 2.77. The summed E-state index contributed by atoms with van der Waals surface area (Å²) in [5, 5.41) is 9.70. The van der Waals surface area contributed by atoms with Gasteiger partial charge in [-0.1, -0.05) is 0 Å². The highest BCUT2D eigenvalue weighted by atomic mass is 32.1. The maximum Gasteiger partial charge on any atom is 0.254 e. The van der Waals surface area contributed by atoms with Crippen LogP contribution in [-0.2, 0) is 4.74 Å². The molecule has 1 amide bonds. The van der Waals surface area contributed by atoms with E-state index in [1.807, 2.05) is 18.2 Å². The van der Waals surface area contributed by atoms with Crippen molar-refractivity contribution in [1.29, 1.82) is 0 Å². The fraction of sp³-hybridized carbons (Fsp3) is 0.389. The molecule has 4 rings (SSSR count). The molecule has 1 atom stereocenters. The van der Waals surface area contributed by atoms with Crippen LogP contribution in [0.15, 0.2) is 24.4 Å². The van der Waals surface area contributed by atoms with E-state index in [-0.39, 0.29) is 25.2 Å². The molecule has 0 unspecified atom stereocenters. The van der Waals surface area contributed by atoms with E-state index in [4.69, 9.17) is 15.2 Å². The number of anilines is 4. The zero-order valence-electron chi connectivity index (χ0n) is 15.5. The maximum atomic E-state index is 11.6. The van der Waals surface area contributed by atoms with Crippen molar-refractivity contribution >= 4 is 42.5 Å². The molecular formula is C18H24N6O3S. The normalized spacial score (nSPS) is 17.8. The Labute approximate surface area is 169 Å². The van der Waals surface area contributed by atoms with Crippen molar-refractivity contribution in [2.24, 2.45) is 5.73 Å². The van der Waals surface area contributed by atoms with Gasteiger partial charge < -0.3 is 31.2 Å². The van der Waals surface area contributed by atoms with Gasteiger partial charge in [-0.25, -0.2) is 4.98 Å². The minimum absolute atomic E-state index is 0. The van der Waals surface area contributed by atoms with Crippen molar-refractivity contribution in [3.63, 3.8) is 0 Å². The van der Waals surface area contributed by atoms with Crippen LogP contribution in [0.4, 0.5) is 23.1 Å². The number of carbonyl (C=O) groups excluding carboxylic acids is 1. The molecule has 9 nitrogen and oxygen atoms in total. The molecule has 0 radical (unpaired) electrons. The van der Waals surface area contributed by atoms with E-state index >= 15 is 0 Å². The second kappa shape index (κ2) is 8.53. The van der Waals surface area contributed by atoms with Crippen LogP contribution in [0.25, 0.3) is 0 Å². The molecule has 1 aromatic heterocycles. The second-order valence-corrected chi connectivity index (χ2v) is 6.62. The SMILES string of the molecule is CO[C@H]1CNc2cc(Nc3ncc(C(N)=O)c(NC4CC4)n3)ccc2OC1.S. The third-order valence-electron chi connectivity index (χ3n) is 4.49. The number of rotatable bonds is 6. The molecule has 28 heavy (non-hydrogen) atoms. The van der Waals surface area contributed by atoms with Crippen molar-refractivity contribution in [2.75, 3.05) is 36.2 Å². The van der Waals surface area contributed by atoms with Crippen LogP contribution in [0, 0.1) is 0 Å². The van der Waals surface area contributed by atoms with E-state index < -0.39 is 5.91 Å². The molecule has 1 aromatic carbocycles. The van der Waals surface area contributed by atoms with Gasteiger partial charge in [0, 0.05) is 31.6 Å². The summed E-state index contributed by atoms with van der Waals surface area (Å²) in [6, 6.07) is 6.03. The van der Waals surface area contributed by atoms with Crippen molar-refractivity contribution in [1.82, 2.24) is 9.97 Å². The van der Waals surface area contributed by atoms with Crippen molar-refractivity contribution in [3.05, 3.63) is 30.0 Å². The average molecular weight is 404 g/mol. The van der Waals surface area contributed by atoms with Gasteiger partial charge in [-0.2, -0.15) is 18.5 Å². The lowest BCUT2D eigenvalue weighted by atomic mass is 10.2. The third kappa shape index (κ3) is 4.57. The molecule has 2 heterocycles. The van der Waals surface area contributed by atoms with Gasteiger partial charge in [0.15, 0.2) is 0 Å². The molecule has 10 heteroatoms. The molecule has 2 aliphatic rings. The number of nitrogens with two attached hydrogens (primary N) is 1. The van der Waals surface area contributed by atoms with Crippen LogP contribution in [-0.4, -0.2) is 48.3 Å². The Kier molecular flexibility index (Phi) is 6.10. The summed E-state index contributed by atoms with van der Waals surface area (Å²) >= 11 is 0. The number of carbonyl (C=O) groups is 1. The number of aromatic nitrogens is 2. The first-order valence-electron chi connectivity index (χ1n) is 8.86. The minimum atomic E-state index is -0.552. The number of hydrogen-bond acceptors (Lipinski definition) is 8. The highest BCUT2D eigenvalue weighted by molar-refractivity contribution is 7.59. The molecule has 1 aliphatic carbocycles. The topological polar surface area (TPSA) is 123 Å². The van der Waals surface area contributed by atoms with Crippen molar-refractivity contribution in [2.45, 2.75) is 25.0 Å². The fourth-order valence-corrected chi connectivity index (χ4v) is 2.77. The number of methoxy groups -OCH3 is 1. The smallest absolute Gasteiger partial charge is 0.254 e. The van der Waals surface area contributed by atoms with Crippen LogP contribution in [0.5, 0.6) is 5.75 Å². The van der Waals surface area contributed by atoms with Gasteiger partial charge in [0.2, 0.25) is 5.95 Å². The molecular weight excluding hydrogens is 380 g/mol. The molecule has 2 aromatic rings. The minimum Gasteiger partial charge on any atom is -0.489 e. The van der Waals surface area contributed by atoms with Crippen LogP contribution >= 0.6 is 13.5 Å². The third-order valence-corrected chi connectivity index (χ3v) is 4.49. The predicted molar refractivity (Wildman–Crippen MR) is 112 cm³/mol. The van der Waals surface area contributed by atoms with Crippen molar-refractivity contribution < 1.29 is 14.3 Å². The Balaban J connectivity index is 0.00000225. The number of nitrogens with one attached hydrogen (secondary N) is 3. The molecule has 0 spiro atoms. The monoisotopic (exact) mass is 404 g/mol. The molecule has 5 N–H and O–H groups in total. The zero-order valence-corrected chi connectivity index (χ0v) is 16.5. The van der Waals surface area contributed by atoms with E-state index in [2.05, 4.69) is 25.9 Å². The van der Waals surface area contributed by atoms with Crippen LogP contribution in [0.1, 0.15) is 23.2 Å². The summed E-state index contributed by atoms with van der Waals surface area (Å²) in [5.74, 6) is 1.05. The molecule has 150 valence electrons. The number of benzene rings is 1. The number of fused-ring (bicyclic) bond motifs is 1. The molecule has 1 fully saturated rings. The summed E-state index contributed by atoms with van der Waals surface area (Å²) in [6.07, 6.45) is 3.55.